The lowest BCUT2D eigenvalue weighted by molar-refractivity contribution is 0.969. The van der Waals surface area contributed by atoms with Gasteiger partial charge in [-0.3, -0.25) is 4.57 Å². The van der Waals surface area contributed by atoms with Crippen molar-refractivity contribution < 1.29 is 0 Å². The number of para-hydroxylation sites is 1. The van der Waals surface area contributed by atoms with Crippen molar-refractivity contribution in [2.24, 2.45) is 0 Å². The first kappa shape index (κ1) is 15.3. The third-order valence-corrected chi connectivity index (χ3v) is 4.00. The lowest BCUT2D eigenvalue weighted by Crippen LogP contribution is -2.05. The average molecular weight is 329 g/mol. The van der Waals surface area contributed by atoms with E-state index in [1.54, 1.807) is 6.33 Å². The third-order valence-electron chi connectivity index (χ3n) is 4.00. The van der Waals surface area contributed by atoms with Crippen LogP contribution < -0.4 is 5.32 Å². The van der Waals surface area contributed by atoms with Crippen molar-refractivity contribution in [2.75, 3.05) is 11.9 Å². The molecule has 4 aromatic rings. The van der Waals surface area contributed by atoms with E-state index in [1.807, 2.05) is 65.2 Å². The first-order chi connectivity index (χ1) is 12.4. The highest BCUT2D eigenvalue weighted by molar-refractivity contribution is 5.86. The summed E-state index contributed by atoms with van der Waals surface area (Å²) in [5, 5.41) is 3.39. The van der Waals surface area contributed by atoms with Gasteiger partial charge in [0.2, 0.25) is 0 Å². The minimum atomic E-state index is 0.699. The summed E-state index contributed by atoms with van der Waals surface area (Å²) in [4.78, 5) is 14.1. The van der Waals surface area contributed by atoms with Crippen LogP contribution in [0.1, 0.15) is 13.3 Å². The Balaban J connectivity index is 1.92. The number of hydrogen-bond donors (Lipinski definition) is 1. The van der Waals surface area contributed by atoms with Crippen LogP contribution in [0.2, 0.25) is 0 Å². The van der Waals surface area contributed by atoms with Crippen LogP contribution in [0.25, 0.3) is 28.2 Å². The van der Waals surface area contributed by atoms with Gasteiger partial charge in [0.05, 0.1) is 0 Å². The summed E-state index contributed by atoms with van der Waals surface area (Å²) in [7, 11) is 0. The van der Waals surface area contributed by atoms with E-state index in [9.17, 15) is 0 Å². The van der Waals surface area contributed by atoms with Crippen LogP contribution in [0, 0.1) is 0 Å². The molecule has 0 radical (unpaired) electrons. The highest BCUT2D eigenvalue weighted by Crippen LogP contribution is 2.25. The Labute approximate surface area is 146 Å². The Kier molecular flexibility index (Phi) is 4.12. The van der Waals surface area contributed by atoms with Gasteiger partial charge in [-0.25, -0.2) is 15.0 Å². The molecule has 124 valence electrons. The molecule has 0 amide bonds. The maximum absolute atomic E-state index is 4.80. The molecule has 4 rings (SSSR count). The van der Waals surface area contributed by atoms with Crippen molar-refractivity contribution in [3.05, 3.63) is 67.0 Å². The quantitative estimate of drug-likeness (QED) is 0.593. The smallest absolute Gasteiger partial charge is 0.170 e. The minimum Gasteiger partial charge on any atom is -0.368 e. The molecule has 5 nitrogen and oxygen atoms in total. The standard InChI is InChI=1S/C20H19N5/c1-2-13-21-19-17-20(24-18(23-19)15-9-5-3-6-10-15)25(14-22-17)16-11-7-4-8-12-16/h3-12,14H,2,13H2,1H3,(H,21,23,24). The van der Waals surface area contributed by atoms with Gasteiger partial charge in [0, 0.05) is 17.8 Å². The topological polar surface area (TPSA) is 55.6 Å². The van der Waals surface area contributed by atoms with Crippen molar-refractivity contribution >= 4 is 17.0 Å². The van der Waals surface area contributed by atoms with Crippen molar-refractivity contribution in [3.63, 3.8) is 0 Å². The molecule has 2 aromatic carbocycles. The minimum absolute atomic E-state index is 0.699. The fourth-order valence-corrected chi connectivity index (χ4v) is 2.76. The summed E-state index contributed by atoms with van der Waals surface area (Å²) < 4.78 is 2.00. The molecule has 0 unspecified atom stereocenters. The molecule has 5 heteroatoms. The molecule has 0 saturated heterocycles. The van der Waals surface area contributed by atoms with Crippen LogP contribution in [-0.4, -0.2) is 26.1 Å². The zero-order chi connectivity index (χ0) is 17.1. The molecule has 0 spiro atoms. The Morgan fingerprint density at radius 1 is 0.920 bits per heavy atom. The van der Waals surface area contributed by atoms with Crippen molar-refractivity contribution in [1.29, 1.82) is 0 Å². The Hall–Kier alpha value is -3.21. The highest BCUT2D eigenvalue weighted by atomic mass is 15.2. The molecule has 2 heterocycles. The fourth-order valence-electron chi connectivity index (χ4n) is 2.76. The maximum atomic E-state index is 4.80. The first-order valence-corrected chi connectivity index (χ1v) is 8.46. The van der Waals surface area contributed by atoms with Crippen LogP contribution in [0.3, 0.4) is 0 Å². The average Bonchev–Trinajstić information content (AvgIpc) is 3.11. The zero-order valence-corrected chi connectivity index (χ0v) is 14.1. The predicted molar refractivity (Wildman–Crippen MR) is 101 cm³/mol. The number of nitrogens with one attached hydrogen (secondary N) is 1. The number of nitrogens with zero attached hydrogens (tertiary/aromatic N) is 4. The summed E-state index contributed by atoms with van der Waals surface area (Å²) in [6.07, 6.45) is 2.83. The normalized spacial score (nSPS) is 10.9. The van der Waals surface area contributed by atoms with E-state index >= 15 is 0 Å². The summed E-state index contributed by atoms with van der Waals surface area (Å²) >= 11 is 0. The molecule has 0 bridgehead atoms. The monoisotopic (exact) mass is 329 g/mol. The van der Waals surface area contributed by atoms with Crippen LogP contribution in [0.15, 0.2) is 67.0 Å². The molecule has 0 aliphatic rings. The van der Waals surface area contributed by atoms with Crippen molar-refractivity contribution in [3.8, 4) is 17.1 Å². The zero-order valence-electron chi connectivity index (χ0n) is 14.1. The van der Waals surface area contributed by atoms with Gasteiger partial charge in [0.15, 0.2) is 22.8 Å². The molecule has 0 aliphatic heterocycles. The number of hydrogen-bond acceptors (Lipinski definition) is 4. The molecular formula is C20H19N5. The second-order valence-corrected chi connectivity index (χ2v) is 5.81. The fraction of sp³-hybridized carbons (Fsp3) is 0.150. The molecule has 1 N–H and O–H groups in total. The third kappa shape index (κ3) is 2.96. The lowest BCUT2D eigenvalue weighted by Gasteiger charge is -2.09. The summed E-state index contributed by atoms with van der Waals surface area (Å²) in [6.45, 7) is 2.98. The van der Waals surface area contributed by atoms with Gasteiger partial charge in [-0.1, -0.05) is 55.5 Å². The summed E-state index contributed by atoms with van der Waals surface area (Å²) in [5.41, 5.74) is 3.62. The van der Waals surface area contributed by atoms with Crippen LogP contribution in [0.4, 0.5) is 5.82 Å². The van der Waals surface area contributed by atoms with E-state index in [4.69, 9.17) is 9.97 Å². The van der Waals surface area contributed by atoms with Gasteiger partial charge in [0.25, 0.3) is 0 Å². The number of benzene rings is 2. The van der Waals surface area contributed by atoms with E-state index in [-0.39, 0.29) is 0 Å². The van der Waals surface area contributed by atoms with E-state index in [0.717, 1.165) is 41.2 Å². The number of aromatic nitrogens is 4. The van der Waals surface area contributed by atoms with Gasteiger partial charge in [-0.15, -0.1) is 0 Å². The second kappa shape index (κ2) is 6.73. The molecule has 2 aromatic heterocycles. The first-order valence-electron chi connectivity index (χ1n) is 8.46. The number of anilines is 1. The highest BCUT2D eigenvalue weighted by Gasteiger charge is 2.14. The van der Waals surface area contributed by atoms with Crippen molar-refractivity contribution in [2.45, 2.75) is 13.3 Å². The number of fused-ring (bicyclic) bond motifs is 1. The van der Waals surface area contributed by atoms with E-state index in [2.05, 4.69) is 17.2 Å². The Bertz CT molecular complexity index is 977. The number of imidazole rings is 1. The van der Waals surface area contributed by atoms with E-state index in [1.165, 1.54) is 0 Å². The summed E-state index contributed by atoms with van der Waals surface area (Å²) in [6, 6.07) is 20.1. The van der Waals surface area contributed by atoms with Crippen LogP contribution >= 0.6 is 0 Å². The van der Waals surface area contributed by atoms with Crippen LogP contribution in [0.5, 0.6) is 0 Å². The number of rotatable bonds is 5. The molecule has 25 heavy (non-hydrogen) atoms. The lowest BCUT2D eigenvalue weighted by atomic mass is 10.2. The van der Waals surface area contributed by atoms with Gasteiger partial charge in [0.1, 0.15) is 6.33 Å². The molecular weight excluding hydrogens is 310 g/mol. The van der Waals surface area contributed by atoms with E-state index in [0.29, 0.717) is 5.82 Å². The summed E-state index contributed by atoms with van der Waals surface area (Å²) in [5.74, 6) is 1.48. The Morgan fingerprint density at radius 3 is 2.36 bits per heavy atom. The van der Waals surface area contributed by atoms with Gasteiger partial charge in [-0.2, -0.15) is 0 Å². The van der Waals surface area contributed by atoms with Gasteiger partial charge >= 0.3 is 0 Å². The molecule has 0 saturated carbocycles. The second-order valence-electron chi connectivity index (χ2n) is 5.81. The van der Waals surface area contributed by atoms with Gasteiger partial charge < -0.3 is 5.32 Å². The largest absolute Gasteiger partial charge is 0.368 e. The predicted octanol–water partition coefficient (Wildman–Crippen LogP) is 4.30. The van der Waals surface area contributed by atoms with E-state index < -0.39 is 0 Å². The maximum Gasteiger partial charge on any atom is 0.170 e. The SMILES string of the molecule is CCCNc1nc(-c2ccccc2)nc2c1ncn2-c1ccccc1. The van der Waals surface area contributed by atoms with Crippen LogP contribution in [-0.2, 0) is 0 Å². The molecule has 0 aliphatic carbocycles. The van der Waals surface area contributed by atoms with Gasteiger partial charge in [-0.05, 0) is 18.6 Å². The Morgan fingerprint density at radius 2 is 1.64 bits per heavy atom. The molecule has 0 atom stereocenters. The molecule has 0 fully saturated rings. The van der Waals surface area contributed by atoms with Crippen molar-refractivity contribution in [1.82, 2.24) is 19.5 Å².